The number of aliphatic hydroxyl groups excluding tert-OH is 2. The topological polar surface area (TPSA) is 166 Å². The summed E-state index contributed by atoms with van der Waals surface area (Å²) in [6.07, 6.45) is -0.867. The number of β-amino-alcohol motifs (C(OH)–C–C–N with tert-alkyl or cyclic N) is 1. The fraction of sp³-hybridized carbons (Fsp3) is 0.344. The molecule has 0 spiro atoms. The zero-order valence-corrected chi connectivity index (χ0v) is 26.2. The lowest BCUT2D eigenvalue weighted by molar-refractivity contribution is -0.135. The molecule has 4 aromatic rings. The third kappa shape index (κ3) is 8.05. The molecule has 3 aromatic carbocycles. The van der Waals surface area contributed by atoms with Crippen LogP contribution in [-0.4, -0.2) is 84.8 Å². The van der Waals surface area contributed by atoms with Gasteiger partial charge in [-0.3, -0.25) is 9.59 Å². The number of hydrogen-bond donors (Lipinski definition) is 5. The number of nitrogens with zero attached hydrogens (tertiary/aromatic N) is 4. The second kappa shape index (κ2) is 14.2. The highest BCUT2D eigenvalue weighted by atomic mass is 32.2. The highest BCUT2D eigenvalue weighted by Gasteiger charge is 2.33. The van der Waals surface area contributed by atoms with Crippen LogP contribution in [-0.2, 0) is 22.7 Å². The van der Waals surface area contributed by atoms with Crippen LogP contribution in [0.2, 0.25) is 0 Å². The van der Waals surface area contributed by atoms with Crippen molar-refractivity contribution in [3.63, 3.8) is 0 Å². The van der Waals surface area contributed by atoms with Crippen molar-refractivity contribution in [3.8, 4) is 28.3 Å². The summed E-state index contributed by atoms with van der Waals surface area (Å²) >= 11 is 1.29. The number of tetrazole rings is 1. The Bertz CT molecular complexity index is 1610. The average molecular weight is 632 g/mol. The van der Waals surface area contributed by atoms with Crippen molar-refractivity contribution < 1.29 is 24.5 Å². The van der Waals surface area contributed by atoms with E-state index >= 15 is 0 Å². The van der Waals surface area contributed by atoms with Crippen LogP contribution in [0.4, 0.5) is 0 Å². The van der Waals surface area contributed by atoms with Crippen molar-refractivity contribution in [2.45, 2.75) is 55.3 Å². The summed E-state index contributed by atoms with van der Waals surface area (Å²) in [5.41, 5.74) is 4.04. The SMILES string of the molecule is COc1ccc2c(c1)S[C@@H](NC(=O)CC(C)(C)NC[C@H](O)CO)C(=O)N(Cc1ccc(-c3ccccc3-c3nnn[nH]3)cc1)C2. The van der Waals surface area contributed by atoms with E-state index in [1.807, 2.05) is 80.6 Å². The molecule has 0 unspecified atom stereocenters. The van der Waals surface area contributed by atoms with Crippen molar-refractivity contribution in [1.82, 2.24) is 36.2 Å². The minimum atomic E-state index is -0.930. The molecule has 45 heavy (non-hydrogen) atoms. The minimum absolute atomic E-state index is 0.0630. The Morgan fingerprint density at radius 1 is 1.16 bits per heavy atom. The molecule has 0 saturated carbocycles. The van der Waals surface area contributed by atoms with Gasteiger partial charge in [0.1, 0.15) is 5.75 Å². The van der Waals surface area contributed by atoms with E-state index in [9.17, 15) is 14.7 Å². The molecule has 5 N–H and O–H groups in total. The summed E-state index contributed by atoms with van der Waals surface area (Å²) in [6.45, 7) is 4.13. The molecule has 2 atom stereocenters. The molecule has 0 fully saturated rings. The highest BCUT2D eigenvalue weighted by Crippen LogP contribution is 2.35. The average Bonchev–Trinajstić information content (AvgIpc) is 3.55. The number of carbonyl (C=O) groups is 2. The van der Waals surface area contributed by atoms with Crippen LogP contribution < -0.4 is 15.4 Å². The first-order chi connectivity index (χ1) is 21.7. The fourth-order valence-electron chi connectivity index (χ4n) is 5.10. The smallest absolute Gasteiger partial charge is 0.256 e. The Labute approximate surface area is 265 Å². The lowest BCUT2D eigenvalue weighted by Gasteiger charge is -2.29. The van der Waals surface area contributed by atoms with E-state index in [4.69, 9.17) is 9.84 Å². The molecule has 2 amide bonds. The van der Waals surface area contributed by atoms with E-state index in [0.717, 1.165) is 32.7 Å². The van der Waals surface area contributed by atoms with Crippen molar-refractivity contribution in [2.75, 3.05) is 20.3 Å². The molecule has 0 saturated heterocycles. The fourth-order valence-corrected chi connectivity index (χ4v) is 6.26. The Morgan fingerprint density at radius 2 is 1.91 bits per heavy atom. The summed E-state index contributed by atoms with van der Waals surface area (Å²) in [5.74, 6) is 0.718. The zero-order valence-electron chi connectivity index (χ0n) is 25.4. The largest absolute Gasteiger partial charge is 0.497 e. The van der Waals surface area contributed by atoms with Crippen LogP contribution in [0.5, 0.6) is 5.75 Å². The number of thioether (sulfide) groups is 1. The van der Waals surface area contributed by atoms with E-state index in [1.54, 1.807) is 12.0 Å². The van der Waals surface area contributed by atoms with Crippen LogP contribution in [0.15, 0.2) is 71.6 Å². The molecular formula is C32H37N7O5S. The summed E-state index contributed by atoms with van der Waals surface area (Å²) in [7, 11) is 1.59. The van der Waals surface area contributed by atoms with Crippen molar-refractivity contribution >= 4 is 23.6 Å². The van der Waals surface area contributed by atoms with Crippen LogP contribution in [0.3, 0.4) is 0 Å². The molecule has 12 nitrogen and oxygen atoms in total. The van der Waals surface area contributed by atoms with Crippen molar-refractivity contribution in [1.29, 1.82) is 0 Å². The first-order valence-electron chi connectivity index (χ1n) is 14.5. The summed E-state index contributed by atoms with van der Waals surface area (Å²) in [4.78, 5) is 29.8. The molecule has 0 aliphatic carbocycles. The number of benzene rings is 3. The van der Waals surface area contributed by atoms with Crippen LogP contribution in [0, 0.1) is 0 Å². The number of amides is 2. The number of H-pyrrole nitrogens is 1. The number of aromatic nitrogens is 4. The van der Waals surface area contributed by atoms with Gasteiger partial charge < -0.3 is 30.5 Å². The molecule has 5 rings (SSSR count). The number of ether oxygens (including phenoxy) is 1. The molecule has 0 bridgehead atoms. The molecule has 2 heterocycles. The van der Waals surface area contributed by atoms with Gasteiger partial charge in [0.05, 0.1) is 19.8 Å². The van der Waals surface area contributed by atoms with Crippen molar-refractivity contribution in [2.24, 2.45) is 0 Å². The number of aliphatic hydroxyl groups is 2. The number of fused-ring (bicyclic) bond motifs is 1. The van der Waals surface area contributed by atoms with Gasteiger partial charge in [0.2, 0.25) is 5.91 Å². The maximum absolute atomic E-state index is 14.0. The number of rotatable bonds is 12. The minimum Gasteiger partial charge on any atom is -0.497 e. The van der Waals surface area contributed by atoms with Gasteiger partial charge in [-0.2, -0.15) is 0 Å². The molecule has 0 radical (unpaired) electrons. The third-order valence-corrected chi connectivity index (χ3v) is 8.69. The summed E-state index contributed by atoms with van der Waals surface area (Å²) in [6, 6.07) is 21.6. The maximum atomic E-state index is 14.0. The Balaban J connectivity index is 1.35. The summed E-state index contributed by atoms with van der Waals surface area (Å²) in [5, 5.41) is 38.3. The second-order valence-corrected chi connectivity index (χ2v) is 12.7. The van der Waals surface area contributed by atoms with Crippen LogP contribution >= 0.6 is 11.8 Å². The second-order valence-electron chi connectivity index (χ2n) is 11.5. The number of carbonyl (C=O) groups excluding carboxylic acids is 2. The standard InChI is InChI=1S/C32H37N7O5S/c1-32(2,33-16-23(41)19-40)15-28(42)34-30-31(43)39(18-22-12-13-24(44-3)14-27(22)45-30)17-20-8-10-21(11-9-20)25-6-4-5-7-26(25)29-35-37-38-36-29/h4-14,23,30,33,40-41H,15-19H2,1-3H3,(H,34,42)(H,35,36,37,38)/t23-,30+/m0/s1. The lowest BCUT2D eigenvalue weighted by atomic mass is 9.98. The van der Waals surface area contributed by atoms with Gasteiger partial charge in [-0.05, 0) is 58.7 Å². The van der Waals surface area contributed by atoms with E-state index in [-0.39, 0.29) is 31.4 Å². The third-order valence-electron chi connectivity index (χ3n) is 7.50. The summed E-state index contributed by atoms with van der Waals surface area (Å²) < 4.78 is 5.43. The highest BCUT2D eigenvalue weighted by molar-refractivity contribution is 8.00. The number of aromatic amines is 1. The van der Waals surface area contributed by atoms with Gasteiger partial charge >= 0.3 is 0 Å². The maximum Gasteiger partial charge on any atom is 0.256 e. The zero-order chi connectivity index (χ0) is 32.0. The van der Waals surface area contributed by atoms with Gasteiger partial charge in [-0.25, -0.2) is 5.10 Å². The van der Waals surface area contributed by atoms with E-state index < -0.39 is 17.0 Å². The number of methoxy groups -OCH3 is 1. The molecular weight excluding hydrogens is 594 g/mol. The van der Waals surface area contributed by atoms with Gasteiger partial charge in [0, 0.05) is 42.1 Å². The molecule has 1 aliphatic rings. The van der Waals surface area contributed by atoms with Gasteiger partial charge in [-0.1, -0.05) is 66.4 Å². The van der Waals surface area contributed by atoms with Crippen LogP contribution in [0.25, 0.3) is 22.5 Å². The lowest BCUT2D eigenvalue weighted by Crippen LogP contribution is -2.50. The predicted octanol–water partition coefficient (Wildman–Crippen LogP) is 2.73. The Kier molecular flexibility index (Phi) is 10.1. The predicted molar refractivity (Wildman–Crippen MR) is 170 cm³/mol. The van der Waals surface area contributed by atoms with Gasteiger partial charge in [0.25, 0.3) is 5.91 Å². The Morgan fingerprint density at radius 3 is 2.60 bits per heavy atom. The molecule has 236 valence electrons. The van der Waals surface area contributed by atoms with Gasteiger partial charge in [-0.15, -0.1) is 5.10 Å². The Hall–Kier alpha value is -4.30. The monoisotopic (exact) mass is 631 g/mol. The van der Waals surface area contributed by atoms with Gasteiger partial charge in [0.15, 0.2) is 11.2 Å². The van der Waals surface area contributed by atoms with Crippen molar-refractivity contribution in [3.05, 3.63) is 77.9 Å². The number of hydrogen-bond acceptors (Lipinski definition) is 10. The van der Waals surface area contributed by atoms with E-state index in [2.05, 4.69) is 31.3 Å². The first-order valence-corrected chi connectivity index (χ1v) is 15.4. The molecule has 1 aliphatic heterocycles. The normalized spacial score (nSPS) is 15.7. The van der Waals surface area contributed by atoms with E-state index in [0.29, 0.717) is 24.7 Å². The molecule has 13 heteroatoms. The first kappa shape index (κ1) is 32.1. The van der Waals surface area contributed by atoms with Crippen LogP contribution in [0.1, 0.15) is 31.4 Å². The quantitative estimate of drug-likeness (QED) is 0.157. The molecule has 1 aromatic heterocycles. The number of nitrogens with one attached hydrogen (secondary N) is 3. The van der Waals surface area contributed by atoms with E-state index in [1.165, 1.54) is 11.8 Å².